The van der Waals surface area contributed by atoms with Gasteiger partial charge in [0.25, 0.3) is 5.91 Å². The second-order valence-electron chi connectivity index (χ2n) is 5.75. The number of benzene rings is 1. The number of hydrogen-bond donors (Lipinski definition) is 1. The Kier molecular flexibility index (Phi) is 2.82. The number of nitrogens with zero attached hydrogens (tertiary/aromatic N) is 1. The summed E-state index contributed by atoms with van der Waals surface area (Å²) < 4.78 is 10.7. The number of carbonyl (C=O) groups is 1. The first-order chi connectivity index (χ1) is 10.2. The van der Waals surface area contributed by atoms with E-state index in [2.05, 4.69) is 5.32 Å². The minimum Gasteiger partial charge on any atom is -0.454 e. The molecule has 1 aliphatic carbocycles. The molecule has 0 unspecified atom stereocenters. The highest BCUT2D eigenvalue weighted by Crippen LogP contribution is 2.39. The lowest BCUT2D eigenvalue weighted by Gasteiger charge is -2.30. The van der Waals surface area contributed by atoms with Gasteiger partial charge in [-0.25, -0.2) is 0 Å². The van der Waals surface area contributed by atoms with E-state index in [1.807, 2.05) is 18.2 Å². The summed E-state index contributed by atoms with van der Waals surface area (Å²) in [7, 11) is 0. The number of nitrogens with one attached hydrogen (secondary N) is 1. The van der Waals surface area contributed by atoms with E-state index >= 15 is 0 Å². The highest BCUT2D eigenvalue weighted by atomic mass is 32.1. The summed E-state index contributed by atoms with van der Waals surface area (Å²) in [5.41, 5.74) is 0.246. The predicted molar refractivity (Wildman–Crippen MR) is 81.6 cm³/mol. The molecule has 0 aromatic heterocycles. The largest absolute Gasteiger partial charge is 0.454 e. The van der Waals surface area contributed by atoms with Gasteiger partial charge in [-0.05, 0) is 37.2 Å². The second-order valence-corrected chi connectivity index (χ2v) is 6.14. The standard InChI is InChI=1S/C15H16N2O3S/c18-13-15(6-2-1-3-7-15)16-14(21)17(13)10-4-5-11-12(8-10)20-9-19-11/h4-5,8H,1-3,6-7,9H2,(H,16,21). The highest BCUT2D eigenvalue weighted by molar-refractivity contribution is 7.80. The lowest BCUT2D eigenvalue weighted by atomic mass is 9.82. The topological polar surface area (TPSA) is 50.8 Å². The van der Waals surface area contributed by atoms with Crippen LogP contribution in [0.2, 0.25) is 0 Å². The van der Waals surface area contributed by atoms with E-state index < -0.39 is 5.54 Å². The number of carbonyl (C=O) groups excluding carboxylic acids is 1. The number of thiocarbonyl (C=S) groups is 1. The monoisotopic (exact) mass is 304 g/mol. The molecule has 1 spiro atoms. The minimum atomic E-state index is -0.494. The first-order valence-electron chi connectivity index (χ1n) is 7.26. The van der Waals surface area contributed by atoms with Gasteiger partial charge in [0, 0.05) is 6.07 Å². The summed E-state index contributed by atoms with van der Waals surface area (Å²) in [5, 5.41) is 3.76. The Labute approximate surface area is 128 Å². The quantitative estimate of drug-likeness (QED) is 0.807. The second kappa shape index (κ2) is 4.59. The molecule has 1 saturated carbocycles. The molecule has 2 fully saturated rings. The summed E-state index contributed by atoms with van der Waals surface area (Å²) in [6.45, 7) is 0.222. The Bertz CT molecular complexity index is 625. The molecule has 1 amide bonds. The average molecular weight is 304 g/mol. The molecule has 110 valence electrons. The molecule has 1 aromatic rings. The average Bonchev–Trinajstić information content (AvgIpc) is 3.03. The van der Waals surface area contributed by atoms with Gasteiger partial charge in [0.2, 0.25) is 6.79 Å². The van der Waals surface area contributed by atoms with Crippen molar-refractivity contribution in [1.29, 1.82) is 0 Å². The Morgan fingerprint density at radius 2 is 1.90 bits per heavy atom. The fourth-order valence-corrected chi connectivity index (χ4v) is 3.76. The van der Waals surface area contributed by atoms with Crippen LogP contribution >= 0.6 is 12.2 Å². The maximum absolute atomic E-state index is 12.9. The molecular formula is C15H16N2O3S. The first kappa shape index (κ1) is 12.9. The highest BCUT2D eigenvalue weighted by Gasteiger charge is 2.50. The molecular weight excluding hydrogens is 288 g/mol. The molecule has 4 rings (SSSR count). The zero-order valence-electron chi connectivity index (χ0n) is 11.6. The van der Waals surface area contributed by atoms with Gasteiger partial charge >= 0.3 is 0 Å². The number of fused-ring (bicyclic) bond motifs is 1. The zero-order valence-corrected chi connectivity index (χ0v) is 12.4. The summed E-state index contributed by atoms with van der Waals surface area (Å²) in [6, 6.07) is 5.48. The van der Waals surface area contributed by atoms with Gasteiger partial charge < -0.3 is 14.8 Å². The van der Waals surface area contributed by atoms with Gasteiger partial charge in [-0.1, -0.05) is 19.3 Å². The van der Waals surface area contributed by atoms with E-state index in [0.29, 0.717) is 16.6 Å². The third kappa shape index (κ3) is 1.89. The van der Waals surface area contributed by atoms with Gasteiger partial charge in [0.05, 0.1) is 5.69 Å². The molecule has 5 nitrogen and oxygen atoms in total. The molecule has 0 radical (unpaired) electrons. The molecule has 1 saturated heterocycles. The number of anilines is 1. The van der Waals surface area contributed by atoms with Crippen molar-refractivity contribution < 1.29 is 14.3 Å². The Hall–Kier alpha value is -1.82. The molecule has 1 N–H and O–H groups in total. The lowest BCUT2D eigenvalue weighted by Crippen LogP contribution is -2.48. The van der Waals surface area contributed by atoms with Gasteiger partial charge in [0.1, 0.15) is 5.54 Å². The smallest absolute Gasteiger partial charge is 0.259 e. The van der Waals surface area contributed by atoms with E-state index in [-0.39, 0.29) is 12.7 Å². The van der Waals surface area contributed by atoms with Gasteiger partial charge in [-0.15, -0.1) is 0 Å². The molecule has 21 heavy (non-hydrogen) atoms. The van der Waals surface area contributed by atoms with Crippen molar-refractivity contribution in [3.63, 3.8) is 0 Å². The van der Waals surface area contributed by atoms with Crippen LogP contribution in [0.3, 0.4) is 0 Å². The number of rotatable bonds is 1. The van der Waals surface area contributed by atoms with Gasteiger partial charge in [-0.2, -0.15) is 0 Å². The van der Waals surface area contributed by atoms with Crippen LogP contribution in [0.5, 0.6) is 11.5 Å². The van der Waals surface area contributed by atoms with Crippen LogP contribution in [0.15, 0.2) is 18.2 Å². The van der Waals surface area contributed by atoms with Crippen LogP contribution in [0.4, 0.5) is 5.69 Å². The fourth-order valence-electron chi connectivity index (χ4n) is 3.37. The van der Waals surface area contributed by atoms with Crippen LogP contribution in [-0.4, -0.2) is 23.4 Å². The first-order valence-corrected chi connectivity index (χ1v) is 7.67. The van der Waals surface area contributed by atoms with Crippen LogP contribution < -0.4 is 19.7 Å². The molecule has 2 aliphatic heterocycles. The van der Waals surface area contributed by atoms with Crippen LogP contribution in [0, 0.1) is 0 Å². The Morgan fingerprint density at radius 1 is 1.14 bits per heavy atom. The predicted octanol–water partition coefficient (Wildman–Crippen LogP) is 2.34. The van der Waals surface area contributed by atoms with Crippen molar-refractivity contribution in [3.8, 4) is 11.5 Å². The summed E-state index contributed by atoms with van der Waals surface area (Å²) in [4.78, 5) is 14.5. The van der Waals surface area contributed by atoms with E-state index in [4.69, 9.17) is 21.7 Å². The normalized spacial score (nSPS) is 22.8. The van der Waals surface area contributed by atoms with Crippen molar-refractivity contribution in [1.82, 2.24) is 5.32 Å². The lowest BCUT2D eigenvalue weighted by molar-refractivity contribution is -0.123. The van der Waals surface area contributed by atoms with E-state index in [9.17, 15) is 4.79 Å². The maximum Gasteiger partial charge on any atom is 0.259 e. The molecule has 0 bridgehead atoms. The third-order valence-corrected chi connectivity index (χ3v) is 4.77. The van der Waals surface area contributed by atoms with Crippen LogP contribution in [0.25, 0.3) is 0 Å². The number of ether oxygens (including phenoxy) is 2. The Balaban J connectivity index is 1.69. The molecule has 3 aliphatic rings. The van der Waals surface area contributed by atoms with Gasteiger partial charge in [0.15, 0.2) is 16.6 Å². The minimum absolute atomic E-state index is 0.0612. The van der Waals surface area contributed by atoms with Crippen LogP contribution in [0.1, 0.15) is 32.1 Å². The fraction of sp³-hybridized carbons (Fsp3) is 0.467. The molecule has 1 aromatic carbocycles. The Morgan fingerprint density at radius 3 is 2.71 bits per heavy atom. The molecule has 0 atom stereocenters. The van der Waals surface area contributed by atoms with E-state index in [1.165, 1.54) is 6.42 Å². The van der Waals surface area contributed by atoms with E-state index in [1.54, 1.807) is 4.90 Å². The molecule has 2 heterocycles. The number of amides is 1. The van der Waals surface area contributed by atoms with Crippen molar-refractivity contribution in [2.24, 2.45) is 0 Å². The van der Waals surface area contributed by atoms with Crippen molar-refractivity contribution >= 4 is 28.9 Å². The van der Waals surface area contributed by atoms with Crippen molar-refractivity contribution in [3.05, 3.63) is 18.2 Å². The zero-order chi connectivity index (χ0) is 14.4. The molecule has 6 heteroatoms. The van der Waals surface area contributed by atoms with E-state index in [0.717, 1.165) is 31.4 Å². The third-order valence-electron chi connectivity index (χ3n) is 4.48. The summed E-state index contributed by atoms with van der Waals surface area (Å²) in [6.07, 6.45) is 5.03. The summed E-state index contributed by atoms with van der Waals surface area (Å²) in [5.74, 6) is 1.43. The van der Waals surface area contributed by atoms with Crippen LogP contribution in [-0.2, 0) is 4.79 Å². The SMILES string of the molecule is O=C1N(c2ccc3c(c2)OCO3)C(=S)NC12CCCCC2. The maximum atomic E-state index is 12.9. The number of hydrogen-bond acceptors (Lipinski definition) is 4. The van der Waals surface area contributed by atoms with Gasteiger partial charge in [-0.3, -0.25) is 9.69 Å². The van der Waals surface area contributed by atoms with Crippen molar-refractivity contribution in [2.75, 3.05) is 11.7 Å². The summed E-state index contributed by atoms with van der Waals surface area (Å²) >= 11 is 5.40. The van der Waals surface area contributed by atoms with Crippen molar-refractivity contribution in [2.45, 2.75) is 37.6 Å².